The molecule has 0 unspecified atom stereocenters. The molecule has 9 nitrogen and oxygen atoms in total. The number of ether oxygens (including phenoxy) is 2. The van der Waals surface area contributed by atoms with Crippen LogP contribution in [-0.4, -0.2) is 39.2 Å². The first kappa shape index (κ1) is 17.1. The molecule has 0 amide bonds. The van der Waals surface area contributed by atoms with Crippen LogP contribution >= 0.6 is 0 Å². The summed E-state index contributed by atoms with van der Waals surface area (Å²) in [5.41, 5.74) is 0.413. The van der Waals surface area contributed by atoms with Crippen molar-refractivity contribution in [3.8, 4) is 11.5 Å². The van der Waals surface area contributed by atoms with Gasteiger partial charge in [-0.15, -0.1) is 10.2 Å². The maximum absolute atomic E-state index is 11.0. The summed E-state index contributed by atoms with van der Waals surface area (Å²) >= 11 is 0. The largest absolute Gasteiger partial charge is 0.490 e. The maximum atomic E-state index is 11.0. The van der Waals surface area contributed by atoms with E-state index in [1.165, 1.54) is 41.7 Å². The number of hydrogen-bond acceptors (Lipinski definition) is 7. The van der Waals surface area contributed by atoms with E-state index in [1.54, 1.807) is 0 Å². The van der Waals surface area contributed by atoms with E-state index in [0.29, 0.717) is 17.9 Å². The van der Waals surface area contributed by atoms with E-state index in [-0.39, 0.29) is 12.3 Å². The second kappa shape index (κ2) is 8.38. The fourth-order valence-electron chi connectivity index (χ4n) is 2.09. The zero-order chi connectivity index (χ0) is 18.2. The van der Waals surface area contributed by atoms with Crippen molar-refractivity contribution < 1.29 is 14.4 Å². The van der Waals surface area contributed by atoms with Crippen molar-refractivity contribution in [1.29, 1.82) is 0 Å². The number of nitrogens with zero attached hydrogens (tertiary/aromatic N) is 5. The van der Waals surface area contributed by atoms with Crippen LogP contribution in [0.25, 0.3) is 0 Å². The monoisotopic (exact) mass is 353 g/mol. The Balaban J connectivity index is 1.67. The molecular weight excluding hydrogens is 338 g/mol. The predicted octanol–water partition coefficient (Wildman–Crippen LogP) is 2.53. The number of hydrogen-bond donors (Lipinski definition) is 0. The van der Waals surface area contributed by atoms with Crippen LogP contribution in [0, 0.1) is 10.1 Å². The van der Waals surface area contributed by atoms with E-state index >= 15 is 0 Å². The van der Waals surface area contributed by atoms with Crippen LogP contribution < -0.4 is 9.47 Å². The van der Waals surface area contributed by atoms with E-state index in [9.17, 15) is 10.1 Å². The van der Waals surface area contributed by atoms with E-state index in [2.05, 4.69) is 15.3 Å². The minimum atomic E-state index is -0.474. The first-order chi connectivity index (χ1) is 12.7. The van der Waals surface area contributed by atoms with Gasteiger partial charge in [0.1, 0.15) is 37.4 Å². The first-order valence-corrected chi connectivity index (χ1v) is 7.70. The molecule has 0 aliphatic rings. The Kier molecular flexibility index (Phi) is 5.51. The molecule has 1 aromatic heterocycles. The van der Waals surface area contributed by atoms with Gasteiger partial charge in [0.15, 0.2) is 0 Å². The molecule has 0 radical (unpaired) electrons. The Bertz CT molecular complexity index is 881. The van der Waals surface area contributed by atoms with Crippen molar-refractivity contribution in [3.63, 3.8) is 0 Å². The fraction of sp³-hybridized carbons (Fsp3) is 0.118. The standard InChI is InChI=1S/C17H15N5O4/c23-22(24)15-6-7-17(14(10-15)11-20-21-12-18-19-13-21)26-9-8-25-16-4-2-1-3-5-16/h1-7,10-13H,8-9H2/b20-11-. The van der Waals surface area contributed by atoms with Crippen molar-refractivity contribution in [2.24, 2.45) is 5.10 Å². The Morgan fingerprint density at radius 2 is 1.81 bits per heavy atom. The van der Waals surface area contributed by atoms with Crippen LogP contribution in [0.15, 0.2) is 66.3 Å². The summed E-state index contributed by atoms with van der Waals surface area (Å²) in [4.78, 5) is 10.5. The Hall–Kier alpha value is -3.75. The minimum absolute atomic E-state index is 0.0527. The van der Waals surface area contributed by atoms with Gasteiger partial charge < -0.3 is 9.47 Å². The van der Waals surface area contributed by atoms with Crippen LogP contribution in [0.3, 0.4) is 0 Å². The smallest absolute Gasteiger partial charge is 0.270 e. The Morgan fingerprint density at radius 1 is 1.08 bits per heavy atom. The molecule has 0 aliphatic heterocycles. The predicted molar refractivity (Wildman–Crippen MR) is 93.5 cm³/mol. The highest BCUT2D eigenvalue weighted by atomic mass is 16.6. The van der Waals surface area contributed by atoms with Gasteiger partial charge in [-0.1, -0.05) is 18.2 Å². The zero-order valence-corrected chi connectivity index (χ0v) is 13.6. The summed E-state index contributed by atoms with van der Waals surface area (Å²) in [7, 11) is 0. The van der Waals surface area contributed by atoms with Crippen molar-refractivity contribution >= 4 is 11.9 Å². The van der Waals surface area contributed by atoms with Gasteiger partial charge in [0.25, 0.3) is 5.69 Å². The van der Waals surface area contributed by atoms with Crippen LogP contribution in [0.4, 0.5) is 5.69 Å². The number of rotatable bonds is 8. The molecule has 26 heavy (non-hydrogen) atoms. The Labute approximate surface area is 148 Å². The van der Waals surface area contributed by atoms with E-state index in [0.717, 1.165) is 5.75 Å². The van der Waals surface area contributed by atoms with Crippen LogP contribution in [0.5, 0.6) is 11.5 Å². The minimum Gasteiger partial charge on any atom is -0.490 e. The normalized spacial score (nSPS) is 10.8. The fourth-order valence-corrected chi connectivity index (χ4v) is 2.09. The van der Waals surface area contributed by atoms with Crippen LogP contribution in [0.1, 0.15) is 5.56 Å². The molecule has 0 aliphatic carbocycles. The number of benzene rings is 2. The van der Waals surface area contributed by atoms with Gasteiger partial charge in [-0.25, -0.2) is 4.68 Å². The molecule has 0 atom stereocenters. The van der Waals surface area contributed by atoms with E-state index in [4.69, 9.17) is 9.47 Å². The molecule has 0 saturated carbocycles. The van der Waals surface area contributed by atoms with Gasteiger partial charge in [-0.05, 0) is 18.2 Å². The maximum Gasteiger partial charge on any atom is 0.270 e. The van der Waals surface area contributed by atoms with Crippen molar-refractivity contribution in [3.05, 3.63) is 76.9 Å². The van der Waals surface area contributed by atoms with Gasteiger partial charge in [0, 0.05) is 17.7 Å². The lowest BCUT2D eigenvalue weighted by Gasteiger charge is -2.10. The average molecular weight is 353 g/mol. The molecule has 0 saturated heterocycles. The van der Waals surface area contributed by atoms with Gasteiger partial charge in [-0.3, -0.25) is 10.1 Å². The average Bonchev–Trinajstić information content (AvgIpc) is 3.18. The highest BCUT2D eigenvalue weighted by Crippen LogP contribution is 2.23. The van der Waals surface area contributed by atoms with Gasteiger partial charge in [0.2, 0.25) is 0 Å². The summed E-state index contributed by atoms with van der Waals surface area (Å²) in [6, 6.07) is 13.7. The third kappa shape index (κ3) is 4.63. The third-order valence-corrected chi connectivity index (χ3v) is 3.29. The molecule has 3 aromatic rings. The second-order valence-corrected chi connectivity index (χ2v) is 5.08. The lowest BCUT2D eigenvalue weighted by Crippen LogP contribution is -2.10. The SMILES string of the molecule is O=[N+]([O-])c1ccc(OCCOc2ccccc2)c(/C=N\n2cnnc2)c1. The molecule has 1 heterocycles. The molecule has 3 rings (SSSR count). The number of non-ortho nitro benzene ring substituents is 1. The van der Waals surface area contributed by atoms with Gasteiger partial charge in [-0.2, -0.15) is 5.10 Å². The highest BCUT2D eigenvalue weighted by Gasteiger charge is 2.11. The Morgan fingerprint density at radius 3 is 2.54 bits per heavy atom. The van der Waals surface area contributed by atoms with E-state index in [1.807, 2.05) is 30.3 Å². The third-order valence-electron chi connectivity index (χ3n) is 3.29. The number of aromatic nitrogens is 3. The summed E-state index contributed by atoms with van der Waals surface area (Å²) in [5, 5.41) is 22.4. The summed E-state index contributed by atoms with van der Waals surface area (Å²) in [6.07, 6.45) is 4.26. The van der Waals surface area contributed by atoms with Crippen LogP contribution in [-0.2, 0) is 0 Å². The molecule has 0 N–H and O–H groups in total. The highest BCUT2D eigenvalue weighted by molar-refractivity contribution is 5.84. The molecule has 0 bridgehead atoms. The zero-order valence-electron chi connectivity index (χ0n) is 13.6. The summed E-state index contributed by atoms with van der Waals surface area (Å²) in [5.74, 6) is 1.21. The summed E-state index contributed by atoms with van der Waals surface area (Å²) in [6.45, 7) is 0.614. The van der Waals surface area contributed by atoms with Gasteiger partial charge in [0.05, 0.1) is 11.1 Å². The number of nitro benzene ring substituents is 1. The molecule has 132 valence electrons. The molecule has 0 fully saturated rings. The molecular formula is C17H15N5O4. The van der Waals surface area contributed by atoms with Crippen molar-refractivity contribution in [1.82, 2.24) is 14.9 Å². The van der Waals surface area contributed by atoms with Crippen molar-refractivity contribution in [2.75, 3.05) is 13.2 Å². The van der Waals surface area contributed by atoms with Crippen LogP contribution in [0.2, 0.25) is 0 Å². The van der Waals surface area contributed by atoms with Crippen molar-refractivity contribution in [2.45, 2.75) is 0 Å². The van der Waals surface area contributed by atoms with E-state index < -0.39 is 4.92 Å². The molecule has 9 heteroatoms. The van der Waals surface area contributed by atoms with Gasteiger partial charge >= 0.3 is 0 Å². The molecule has 2 aromatic carbocycles. The second-order valence-electron chi connectivity index (χ2n) is 5.08. The number of para-hydroxylation sites is 1. The first-order valence-electron chi connectivity index (χ1n) is 7.70. The number of nitro groups is 1. The quantitative estimate of drug-likeness (QED) is 0.267. The lowest BCUT2D eigenvalue weighted by molar-refractivity contribution is -0.384. The molecule has 0 spiro atoms. The summed E-state index contributed by atoms with van der Waals surface area (Å²) < 4.78 is 12.6. The lowest BCUT2D eigenvalue weighted by atomic mass is 10.2. The topological polar surface area (TPSA) is 105 Å².